The van der Waals surface area contributed by atoms with Gasteiger partial charge in [-0.2, -0.15) is 0 Å². The summed E-state index contributed by atoms with van der Waals surface area (Å²) in [6.45, 7) is 1.67. The molecule has 1 aromatic rings. The van der Waals surface area contributed by atoms with Crippen LogP contribution in [0.25, 0.3) is 0 Å². The average Bonchev–Trinajstić information content (AvgIpc) is 2.46. The van der Waals surface area contributed by atoms with Gasteiger partial charge < -0.3 is 15.0 Å². The number of carbonyl (C=O) groups excluding carboxylic acids is 1. The molecule has 1 amide bonds. The molecular weight excluding hydrogens is 264 g/mol. The number of likely N-dealkylation sites (N-methyl/N-ethyl adjacent to an activating group) is 1. The minimum absolute atomic E-state index is 0.0369. The van der Waals surface area contributed by atoms with Crippen LogP contribution in [0.4, 0.5) is 0 Å². The van der Waals surface area contributed by atoms with Crippen molar-refractivity contribution in [1.29, 1.82) is 0 Å². The first kappa shape index (κ1) is 14.2. The summed E-state index contributed by atoms with van der Waals surface area (Å²) in [5.74, 6) is 0.704. The minimum Gasteiger partial charge on any atom is -0.484 e. The lowest BCUT2D eigenvalue weighted by Gasteiger charge is -2.32. The lowest BCUT2D eigenvalue weighted by Crippen LogP contribution is -2.48. The molecule has 0 saturated carbocycles. The van der Waals surface area contributed by atoms with Crippen molar-refractivity contribution >= 4 is 17.5 Å². The summed E-state index contributed by atoms with van der Waals surface area (Å²) in [4.78, 5) is 13.9. The van der Waals surface area contributed by atoms with Crippen molar-refractivity contribution in [1.82, 2.24) is 10.2 Å². The van der Waals surface area contributed by atoms with E-state index in [0.29, 0.717) is 16.8 Å². The van der Waals surface area contributed by atoms with Gasteiger partial charge in [0.15, 0.2) is 6.61 Å². The zero-order valence-electron chi connectivity index (χ0n) is 11.1. The van der Waals surface area contributed by atoms with E-state index >= 15 is 0 Å². The molecule has 19 heavy (non-hydrogen) atoms. The van der Waals surface area contributed by atoms with Gasteiger partial charge in [0.05, 0.1) is 0 Å². The molecule has 1 saturated heterocycles. The largest absolute Gasteiger partial charge is 0.484 e. The number of amides is 1. The number of halogens is 1. The van der Waals surface area contributed by atoms with Gasteiger partial charge in [0.2, 0.25) is 0 Å². The van der Waals surface area contributed by atoms with Crippen LogP contribution in [0.1, 0.15) is 12.8 Å². The number of nitrogens with zero attached hydrogens (tertiary/aromatic N) is 1. The molecule has 2 rings (SSSR count). The molecule has 1 atom stereocenters. The van der Waals surface area contributed by atoms with Crippen LogP contribution in [0.15, 0.2) is 24.3 Å². The van der Waals surface area contributed by atoms with Crippen LogP contribution in [0, 0.1) is 0 Å². The van der Waals surface area contributed by atoms with Crippen LogP contribution >= 0.6 is 11.6 Å². The second-order valence-electron chi connectivity index (χ2n) is 4.71. The number of likely N-dealkylation sites (tertiary alicyclic amines) is 1. The van der Waals surface area contributed by atoms with Crippen molar-refractivity contribution in [3.8, 4) is 5.75 Å². The predicted octanol–water partition coefficient (Wildman–Crippen LogP) is 1.93. The van der Waals surface area contributed by atoms with E-state index in [4.69, 9.17) is 16.3 Å². The van der Waals surface area contributed by atoms with Gasteiger partial charge in [-0.05, 0) is 44.2 Å². The fraction of sp³-hybridized carbons (Fsp3) is 0.500. The monoisotopic (exact) mass is 282 g/mol. The fourth-order valence-electron chi connectivity index (χ4n) is 2.21. The smallest absolute Gasteiger partial charge is 0.260 e. The minimum atomic E-state index is 0.0369. The van der Waals surface area contributed by atoms with Gasteiger partial charge in [-0.25, -0.2) is 0 Å². The second-order valence-corrected chi connectivity index (χ2v) is 5.15. The molecule has 0 spiro atoms. The Balaban J connectivity index is 1.82. The Morgan fingerprint density at radius 3 is 2.89 bits per heavy atom. The SMILES string of the molecule is CNC1CCCN(C(=O)COc2ccc(Cl)cc2)C1. The van der Waals surface area contributed by atoms with E-state index in [9.17, 15) is 4.79 Å². The number of nitrogens with one attached hydrogen (secondary N) is 1. The van der Waals surface area contributed by atoms with Crippen molar-refractivity contribution in [3.05, 3.63) is 29.3 Å². The Kier molecular flexibility index (Phi) is 5.05. The normalized spacial score (nSPS) is 19.3. The maximum atomic E-state index is 12.0. The zero-order chi connectivity index (χ0) is 13.7. The van der Waals surface area contributed by atoms with Crippen LogP contribution in [-0.4, -0.2) is 43.6 Å². The molecule has 1 aromatic carbocycles. The van der Waals surface area contributed by atoms with Gasteiger partial charge in [-0.3, -0.25) is 4.79 Å². The topological polar surface area (TPSA) is 41.6 Å². The number of hydrogen-bond donors (Lipinski definition) is 1. The third-order valence-electron chi connectivity index (χ3n) is 3.36. The molecule has 0 aromatic heterocycles. The van der Waals surface area contributed by atoms with E-state index in [-0.39, 0.29) is 12.5 Å². The maximum absolute atomic E-state index is 12.0. The summed E-state index contributed by atoms with van der Waals surface area (Å²) in [5.41, 5.74) is 0. The van der Waals surface area contributed by atoms with Gasteiger partial charge in [0, 0.05) is 24.2 Å². The van der Waals surface area contributed by atoms with Crippen molar-refractivity contribution in [3.63, 3.8) is 0 Å². The van der Waals surface area contributed by atoms with Crippen LogP contribution in [-0.2, 0) is 4.79 Å². The number of piperidine rings is 1. The molecule has 1 fully saturated rings. The summed E-state index contributed by atoms with van der Waals surface area (Å²) in [6.07, 6.45) is 2.16. The van der Waals surface area contributed by atoms with Gasteiger partial charge in [0.25, 0.3) is 5.91 Å². The lowest BCUT2D eigenvalue weighted by atomic mass is 10.1. The van der Waals surface area contributed by atoms with Crippen LogP contribution in [0.3, 0.4) is 0 Å². The molecule has 1 aliphatic rings. The Labute approximate surface area is 118 Å². The Bertz CT molecular complexity index is 422. The molecule has 0 radical (unpaired) electrons. The highest BCUT2D eigenvalue weighted by Gasteiger charge is 2.22. The quantitative estimate of drug-likeness (QED) is 0.917. The molecule has 0 aliphatic carbocycles. The number of ether oxygens (including phenoxy) is 1. The first-order chi connectivity index (χ1) is 9.19. The molecule has 0 bridgehead atoms. The Morgan fingerprint density at radius 2 is 2.21 bits per heavy atom. The summed E-state index contributed by atoms with van der Waals surface area (Å²) in [6, 6.07) is 7.43. The van der Waals surface area contributed by atoms with Crippen molar-refractivity contribution < 1.29 is 9.53 Å². The molecule has 1 N–H and O–H groups in total. The third-order valence-corrected chi connectivity index (χ3v) is 3.61. The summed E-state index contributed by atoms with van der Waals surface area (Å²) in [7, 11) is 1.93. The van der Waals surface area contributed by atoms with Crippen LogP contribution in [0.2, 0.25) is 5.02 Å². The van der Waals surface area contributed by atoms with Gasteiger partial charge in [-0.1, -0.05) is 11.6 Å². The molecule has 1 heterocycles. The van der Waals surface area contributed by atoms with E-state index in [2.05, 4.69) is 5.32 Å². The highest BCUT2D eigenvalue weighted by molar-refractivity contribution is 6.30. The lowest BCUT2D eigenvalue weighted by molar-refractivity contribution is -0.134. The van der Waals surface area contributed by atoms with Crippen molar-refractivity contribution in [2.45, 2.75) is 18.9 Å². The number of rotatable bonds is 4. The van der Waals surface area contributed by atoms with E-state index in [1.54, 1.807) is 24.3 Å². The van der Waals surface area contributed by atoms with Gasteiger partial charge in [-0.15, -0.1) is 0 Å². The van der Waals surface area contributed by atoms with Crippen molar-refractivity contribution in [2.24, 2.45) is 0 Å². The molecule has 1 unspecified atom stereocenters. The highest BCUT2D eigenvalue weighted by Crippen LogP contribution is 2.16. The van der Waals surface area contributed by atoms with Crippen molar-refractivity contribution in [2.75, 3.05) is 26.7 Å². The Morgan fingerprint density at radius 1 is 1.47 bits per heavy atom. The van der Waals surface area contributed by atoms with E-state index in [1.165, 1.54) is 0 Å². The molecule has 1 aliphatic heterocycles. The number of hydrogen-bond acceptors (Lipinski definition) is 3. The molecule has 104 valence electrons. The van der Waals surface area contributed by atoms with E-state index in [1.807, 2.05) is 11.9 Å². The standard InChI is InChI=1S/C14H19ClN2O2/c1-16-12-3-2-8-17(9-12)14(18)10-19-13-6-4-11(15)5-7-13/h4-7,12,16H,2-3,8-10H2,1H3. The Hall–Kier alpha value is -1.26. The van der Waals surface area contributed by atoms with Crippen LogP contribution < -0.4 is 10.1 Å². The zero-order valence-corrected chi connectivity index (χ0v) is 11.8. The van der Waals surface area contributed by atoms with E-state index in [0.717, 1.165) is 25.9 Å². The third kappa shape index (κ3) is 4.11. The fourth-order valence-corrected chi connectivity index (χ4v) is 2.33. The van der Waals surface area contributed by atoms with Gasteiger partial charge in [0.1, 0.15) is 5.75 Å². The second kappa shape index (κ2) is 6.78. The summed E-state index contributed by atoms with van der Waals surface area (Å²) in [5, 5.41) is 3.88. The summed E-state index contributed by atoms with van der Waals surface area (Å²) < 4.78 is 5.47. The number of benzene rings is 1. The van der Waals surface area contributed by atoms with E-state index < -0.39 is 0 Å². The number of carbonyl (C=O) groups is 1. The molecular formula is C14H19ClN2O2. The maximum Gasteiger partial charge on any atom is 0.260 e. The first-order valence-electron chi connectivity index (χ1n) is 6.52. The molecule has 5 heteroatoms. The van der Waals surface area contributed by atoms with Crippen LogP contribution in [0.5, 0.6) is 5.75 Å². The first-order valence-corrected chi connectivity index (χ1v) is 6.90. The average molecular weight is 283 g/mol. The molecule has 4 nitrogen and oxygen atoms in total. The van der Waals surface area contributed by atoms with Gasteiger partial charge >= 0.3 is 0 Å². The highest BCUT2D eigenvalue weighted by atomic mass is 35.5. The predicted molar refractivity (Wildman–Crippen MR) is 75.6 cm³/mol. The summed E-state index contributed by atoms with van der Waals surface area (Å²) >= 11 is 5.79.